The summed E-state index contributed by atoms with van der Waals surface area (Å²) in [5, 5.41) is 11.5. The van der Waals surface area contributed by atoms with Gasteiger partial charge in [0.2, 0.25) is 0 Å². The third-order valence-corrected chi connectivity index (χ3v) is 3.17. The highest BCUT2D eigenvalue weighted by Crippen LogP contribution is 2.09. The molecule has 0 atom stereocenters. The van der Waals surface area contributed by atoms with E-state index in [2.05, 4.69) is 5.32 Å². The van der Waals surface area contributed by atoms with Gasteiger partial charge < -0.3 is 15.3 Å². The first-order chi connectivity index (χ1) is 10.5. The van der Waals surface area contributed by atoms with Gasteiger partial charge in [0.1, 0.15) is 0 Å². The summed E-state index contributed by atoms with van der Waals surface area (Å²) >= 11 is 0. The predicted molar refractivity (Wildman–Crippen MR) is 82.9 cm³/mol. The van der Waals surface area contributed by atoms with Crippen LogP contribution in [0.15, 0.2) is 24.3 Å². The molecule has 0 heterocycles. The molecule has 120 valence electrons. The fraction of sp³-hybridized carbons (Fsp3) is 0.438. The lowest BCUT2D eigenvalue weighted by Gasteiger charge is -2.20. The number of aliphatic carboxylic acids is 1. The molecule has 6 heteroatoms. The highest BCUT2D eigenvalue weighted by atomic mass is 16.4. The minimum absolute atomic E-state index is 0.101. The van der Waals surface area contributed by atoms with Gasteiger partial charge in [0.15, 0.2) is 0 Å². The van der Waals surface area contributed by atoms with Crippen LogP contribution in [0.25, 0.3) is 0 Å². The second-order valence-electron chi connectivity index (χ2n) is 4.87. The monoisotopic (exact) mass is 306 g/mol. The zero-order chi connectivity index (χ0) is 16.5. The lowest BCUT2D eigenvalue weighted by atomic mass is 10.1. The third-order valence-electron chi connectivity index (χ3n) is 3.17. The Balaban J connectivity index is 2.84. The highest BCUT2D eigenvalue weighted by molar-refractivity contribution is 5.99. The zero-order valence-corrected chi connectivity index (χ0v) is 13.0. The van der Waals surface area contributed by atoms with E-state index < -0.39 is 5.97 Å². The van der Waals surface area contributed by atoms with E-state index in [1.807, 2.05) is 6.92 Å². The molecule has 0 saturated heterocycles. The summed E-state index contributed by atoms with van der Waals surface area (Å²) in [5.74, 6) is -1.43. The average molecular weight is 306 g/mol. The first kappa shape index (κ1) is 17.7. The molecule has 1 aromatic carbocycles. The van der Waals surface area contributed by atoms with Gasteiger partial charge in [-0.2, -0.15) is 0 Å². The van der Waals surface area contributed by atoms with Gasteiger partial charge in [-0.25, -0.2) is 0 Å². The quantitative estimate of drug-likeness (QED) is 0.766. The number of nitrogens with one attached hydrogen (secondary N) is 1. The summed E-state index contributed by atoms with van der Waals surface area (Å²) in [7, 11) is 0. The van der Waals surface area contributed by atoms with Crippen molar-refractivity contribution in [3.8, 4) is 0 Å². The normalized spacial score (nSPS) is 10.1. The minimum Gasteiger partial charge on any atom is -0.481 e. The van der Waals surface area contributed by atoms with Crippen molar-refractivity contribution < 1.29 is 19.5 Å². The maximum absolute atomic E-state index is 12.4. The van der Waals surface area contributed by atoms with E-state index in [1.165, 1.54) is 11.0 Å². The molecule has 6 nitrogen and oxygen atoms in total. The molecule has 22 heavy (non-hydrogen) atoms. The van der Waals surface area contributed by atoms with Crippen LogP contribution in [0.1, 0.15) is 47.4 Å². The molecule has 2 N–H and O–H groups in total. The molecular formula is C16H22N2O4. The maximum Gasteiger partial charge on any atom is 0.305 e. The Morgan fingerprint density at radius 3 is 2.45 bits per heavy atom. The molecule has 0 aromatic heterocycles. The number of carbonyl (C=O) groups excluding carboxylic acids is 2. The van der Waals surface area contributed by atoms with Crippen LogP contribution in [-0.2, 0) is 4.79 Å². The summed E-state index contributed by atoms with van der Waals surface area (Å²) in [6.45, 7) is 4.89. The molecule has 1 aromatic rings. The molecule has 0 aliphatic heterocycles. The molecule has 0 bridgehead atoms. The number of amides is 2. The Bertz CT molecular complexity index is 543. The van der Waals surface area contributed by atoms with Gasteiger partial charge in [-0.15, -0.1) is 0 Å². The largest absolute Gasteiger partial charge is 0.481 e. The molecule has 0 unspecified atom stereocenters. The molecular weight excluding hydrogens is 284 g/mol. The number of nitrogens with zero attached hydrogens (tertiary/aromatic N) is 1. The number of carboxylic acids is 1. The standard InChI is InChI=1S/C16H22N2O4/c1-3-9-17-15(21)12-6-5-7-13(11-12)16(22)18(4-2)10-8-14(19)20/h5-7,11H,3-4,8-10H2,1-2H3,(H,17,21)(H,19,20). The van der Waals surface area contributed by atoms with Crippen LogP contribution in [0.5, 0.6) is 0 Å². The molecule has 0 fully saturated rings. The van der Waals surface area contributed by atoms with Crippen LogP contribution < -0.4 is 5.32 Å². The second kappa shape index (κ2) is 8.81. The first-order valence-corrected chi connectivity index (χ1v) is 7.38. The van der Waals surface area contributed by atoms with Gasteiger partial charge in [-0.05, 0) is 31.5 Å². The molecule has 0 spiro atoms. The van der Waals surface area contributed by atoms with Crippen molar-refractivity contribution in [2.75, 3.05) is 19.6 Å². The van der Waals surface area contributed by atoms with E-state index in [0.717, 1.165) is 6.42 Å². The van der Waals surface area contributed by atoms with Crippen molar-refractivity contribution in [1.29, 1.82) is 0 Å². The van der Waals surface area contributed by atoms with Crippen molar-refractivity contribution in [3.63, 3.8) is 0 Å². The van der Waals surface area contributed by atoms with E-state index in [9.17, 15) is 14.4 Å². The van der Waals surface area contributed by atoms with Gasteiger partial charge >= 0.3 is 5.97 Å². The van der Waals surface area contributed by atoms with E-state index in [-0.39, 0.29) is 24.8 Å². The van der Waals surface area contributed by atoms with Gasteiger partial charge in [-0.1, -0.05) is 13.0 Å². The zero-order valence-electron chi connectivity index (χ0n) is 13.0. The number of carbonyl (C=O) groups is 3. The second-order valence-corrected chi connectivity index (χ2v) is 4.87. The van der Waals surface area contributed by atoms with Crippen LogP contribution in [0.4, 0.5) is 0 Å². The molecule has 0 aliphatic carbocycles. The molecule has 1 rings (SSSR count). The van der Waals surface area contributed by atoms with Crippen LogP contribution >= 0.6 is 0 Å². The van der Waals surface area contributed by atoms with Crippen molar-refractivity contribution in [2.24, 2.45) is 0 Å². The highest BCUT2D eigenvalue weighted by Gasteiger charge is 2.16. The van der Waals surface area contributed by atoms with Crippen LogP contribution in [0.2, 0.25) is 0 Å². The fourth-order valence-corrected chi connectivity index (χ4v) is 1.95. The molecule has 2 amide bonds. The van der Waals surface area contributed by atoms with Crippen molar-refractivity contribution in [2.45, 2.75) is 26.7 Å². The molecule has 0 radical (unpaired) electrons. The predicted octanol–water partition coefficient (Wildman–Crippen LogP) is 1.76. The smallest absolute Gasteiger partial charge is 0.305 e. The Morgan fingerprint density at radius 2 is 1.86 bits per heavy atom. The van der Waals surface area contributed by atoms with Gasteiger partial charge in [0.25, 0.3) is 11.8 Å². The lowest BCUT2D eigenvalue weighted by Crippen LogP contribution is -2.33. The van der Waals surface area contributed by atoms with E-state index in [4.69, 9.17) is 5.11 Å². The van der Waals surface area contributed by atoms with Crippen LogP contribution in [0, 0.1) is 0 Å². The molecule has 0 aliphatic rings. The van der Waals surface area contributed by atoms with Crippen LogP contribution in [0.3, 0.4) is 0 Å². The van der Waals surface area contributed by atoms with Crippen molar-refractivity contribution in [3.05, 3.63) is 35.4 Å². The number of rotatable bonds is 8. The number of hydrogen-bond acceptors (Lipinski definition) is 3. The fourth-order valence-electron chi connectivity index (χ4n) is 1.95. The third kappa shape index (κ3) is 5.20. The van der Waals surface area contributed by atoms with Crippen LogP contribution in [-0.4, -0.2) is 47.4 Å². The summed E-state index contributed by atoms with van der Waals surface area (Å²) in [6, 6.07) is 6.47. The Morgan fingerprint density at radius 1 is 1.18 bits per heavy atom. The Kier molecular flexibility index (Phi) is 7.08. The number of hydrogen-bond donors (Lipinski definition) is 2. The molecule has 0 saturated carbocycles. The average Bonchev–Trinajstić information content (AvgIpc) is 2.52. The van der Waals surface area contributed by atoms with Gasteiger partial charge in [-0.3, -0.25) is 14.4 Å². The maximum atomic E-state index is 12.4. The van der Waals surface area contributed by atoms with E-state index in [1.54, 1.807) is 25.1 Å². The summed E-state index contributed by atoms with van der Waals surface area (Å²) in [6.07, 6.45) is 0.736. The topological polar surface area (TPSA) is 86.7 Å². The summed E-state index contributed by atoms with van der Waals surface area (Å²) < 4.78 is 0. The minimum atomic E-state index is -0.945. The Labute approximate surface area is 130 Å². The van der Waals surface area contributed by atoms with Gasteiger partial charge in [0.05, 0.1) is 6.42 Å². The van der Waals surface area contributed by atoms with Crippen molar-refractivity contribution >= 4 is 17.8 Å². The van der Waals surface area contributed by atoms with E-state index >= 15 is 0 Å². The lowest BCUT2D eigenvalue weighted by molar-refractivity contribution is -0.137. The summed E-state index contributed by atoms with van der Waals surface area (Å²) in [4.78, 5) is 36.4. The first-order valence-electron chi connectivity index (χ1n) is 7.38. The van der Waals surface area contributed by atoms with Gasteiger partial charge in [0, 0.05) is 30.8 Å². The van der Waals surface area contributed by atoms with E-state index in [0.29, 0.717) is 24.2 Å². The summed E-state index contributed by atoms with van der Waals surface area (Å²) in [5.41, 5.74) is 0.810. The SMILES string of the molecule is CCCNC(=O)c1cccc(C(=O)N(CC)CCC(=O)O)c1. The number of benzene rings is 1. The number of carboxylic acid groups (broad SMARTS) is 1. The Hall–Kier alpha value is -2.37. The van der Waals surface area contributed by atoms with Crippen molar-refractivity contribution in [1.82, 2.24) is 10.2 Å².